The number of carbonyl (C=O) groups excluding carboxylic acids is 3. The Balaban J connectivity index is 5.23. The van der Waals surface area contributed by atoms with E-state index in [1.807, 2.05) is 10.6 Å². The highest BCUT2D eigenvalue weighted by Crippen LogP contribution is 2.01. The SMILES string of the molecule is NC(CC(=O)O)C(=O)NC(CO)C(=O)NC(CCC(=O)O)C(=O)NC(CO)C(=O)O. The van der Waals surface area contributed by atoms with Gasteiger partial charge in [0.05, 0.1) is 25.7 Å². The van der Waals surface area contributed by atoms with Crippen molar-refractivity contribution in [2.75, 3.05) is 13.2 Å². The Morgan fingerprint density at radius 3 is 1.60 bits per heavy atom. The summed E-state index contributed by atoms with van der Waals surface area (Å²) in [6.45, 7) is -1.95. The van der Waals surface area contributed by atoms with Crippen LogP contribution in [0.15, 0.2) is 0 Å². The molecule has 0 fully saturated rings. The van der Waals surface area contributed by atoms with Crippen molar-refractivity contribution in [2.24, 2.45) is 5.73 Å². The molecule has 30 heavy (non-hydrogen) atoms. The van der Waals surface area contributed by atoms with E-state index >= 15 is 0 Å². The molecule has 0 heterocycles. The average molecular weight is 436 g/mol. The predicted molar refractivity (Wildman–Crippen MR) is 94.7 cm³/mol. The van der Waals surface area contributed by atoms with E-state index in [1.54, 1.807) is 0 Å². The van der Waals surface area contributed by atoms with E-state index in [0.29, 0.717) is 0 Å². The number of carboxylic acid groups (broad SMARTS) is 3. The summed E-state index contributed by atoms with van der Waals surface area (Å²) in [6.07, 6.45) is -1.84. The van der Waals surface area contributed by atoms with Gasteiger partial charge in [0.1, 0.15) is 18.1 Å². The number of hydrogen-bond donors (Lipinski definition) is 9. The average Bonchev–Trinajstić information content (AvgIpc) is 2.65. The fraction of sp³-hybridized carbons (Fsp3) is 0.600. The van der Waals surface area contributed by atoms with Gasteiger partial charge in [0.15, 0.2) is 0 Å². The zero-order valence-electron chi connectivity index (χ0n) is 15.6. The Morgan fingerprint density at radius 2 is 1.17 bits per heavy atom. The third-order valence-corrected chi connectivity index (χ3v) is 3.62. The number of aliphatic carboxylic acids is 3. The van der Waals surface area contributed by atoms with Gasteiger partial charge in [-0.1, -0.05) is 0 Å². The zero-order chi connectivity index (χ0) is 23.4. The number of carboxylic acids is 3. The summed E-state index contributed by atoms with van der Waals surface area (Å²) in [5.41, 5.74) is 5.34. The molecule has 0 saturated heterocycles. The Kier molecular flexibility index (Phi) is 11.6. The molecule has 0 bridgehead atoms. The molecule has 4 atom stereocenters. The minimum Gasteiger partial charge on any atom is -0.481 e. The Hall–Kier alpha value is -3.30. The fourth-order valence-corrected chi connectivity index (χ4v) is 2.02. The lowest BCUT2D eigenvalue weighted by atomic mass is 10.1. The van der Waals surface area contributed by atoms with Gasteiger partial charge in [0, 0.05) is 6.42 Å². The van der Waals surface area contributed by atoms with Gasteiger partial charge in [-0.25, -0.2) is 4.79 Å². The van der Waals surface area contributed by atoms with Crippen LogP contribution in [0.1, 0.15) is 19.3 Å². The van der Waals surface area contributed by atoms with Crippen LogP contribution in [0.25, 0.3) is 0 Å². The molecular formula is C15H24N4O11. The molecule has 170 valence electrons. The Bertz CT molecular complexity index is 669. The molecule has 0 aromatic carbocycles. The molecule has 0 aromatic rings. The topological polar surface area (TPSA) is 266 Å². The molecule has 0 aliphatic heterocycles. The van der Waals surface area contributed by atoms with Crippen molar-refractivity contribution < 1.29 is 54.3 Å². The van der Waals surface area contributed by atoms with Crippen molar-refractivity contribution in [3.05, 3.63) is 0 Å². The lowest BCUT2D eigenvalue weighted by molar-refractivity contribution is -0.144. The van der Waals surface area contributed by atoms with Crippen molar-refractivity contribution in [3.8, 4) is 0 Å². The molecule has 0 aliphatic carbocycles. The van der Waals surface area contributed by atoms with Crippen molar-refractivity contribution in [1.29, 1.82) is 0 Å². The number of aliphatic hydroxyl groups excluding tert-OH is 2. The van der Waals surface area contributed by atoms with Crippen molar-refractivity contribution in [1.82, 2.24) is 16.0 Å². The quantitative estimate of drug-likeness (QED) is 0.124. The van der Waals surface area contributed by atoms with E-state index in [1.165, 1.54) is 0 Å². The maximum Gasteiger partial charge on any atom is 0.328 e. The summed E-state index contributed by atoms with van der Waals surface area (Å²) in [7, 11) is 0. The van der Waals surface area contributed by atoms with Gasteiger partial charge in [-0.05, 0) is 6.42 Å². The van der Waals surface area contributed by atoms with Crippen LogP contribution in [0.2, 0.25) is 0 Å². The first-order chi connectivity index (χ1) is 13.9. The van der Waals surface area contributed by atoms with E-state index in [4.69, 9.17) is 26.2 Å². The second kappa shape index (κ2) is 13.0. The number of nitrogens with one attached hydrogen (secondary N) is 3. The number of hydrogen-bond acceptors (Lipinski definition) is 9. The summed E-state index contributed by atoms with van der Waals surface area (Å²) in [5.74, 6) is -7.64. The second-order valence-electron chi connectivity index (χ2n) is 6.02. The van der Waals surface area contributed by atoms with Gasteiger partial charge in [-0.2, -0.15) is 0 Å². The van der Waals surface area contributed by atoms with Crippen LogP contribution in [0, 0.1) is 0 Å². The van der Waals surface area contributed by atoms with E-state index in [9.17, 15) is 33.9 Å². The van der Waals surface area contributed by atoms with Crippen LogP contribution < -0.4 is 21.7 Å². The molecule has 15 nitrogen and oxygen atoms in total. The van der Waals surface area contributed by atoms with E-state index in [2.05, 4.69) is 5.32 Å². The van der Waals surface area contributed by atoms with Gasteiger partial charge < -0.3 is 47.2 Å². The second-order valence-corrected chi connectivity index (χ2v) is 6.02. The number of nitrogens with two attached hydrogens (primary N) is 1. The maximum atomic E-state index is 12.3. The summed E-state index contributed by atoms with van der Waals surface area (Å²) < 4.78 is 0. The van der Waals surface area contributed by atoms with Crippen molar-refractivity contribution in [2.45, 2.75) is 43.4 Å². The Labute approximate surface area is 169 Å². The molecule has 3 amide bonds. The normalized spacial score (nSPS) is 14.5. The molecule has 0 spiro atoms. The molecule has 10 N–H and O–H groups in total. The summed E-state index contributed by atoms with van der Waals surface area (Å²) in [4.78, 5) is 68.5. The lowest BCUT2D eigenvalue weighted by Crippen LogP contribution is -2.58. The largest absolute Gasteiger partial charge is 0.481 e. The molecule has 0 rings (SSSR count). The molecule has 0 saturated carbocycles. The predicted octanol–water partition coefficient (Wildman–Crippen LogP) is -4.82. The zero-order valence-corrected chi connectivity index (χ0v) is 15.6. The number of carbonyl (C=O) groups is 6. The molecule has 0 radical (unpaired) electrons. The summed E-state index contributed by atoms with van der Waals surface area (Å²) in [6, 6.07) is -6.49. The van der Waals surface area contributed by atoms with Gasteiger partial charge in [-0.3, -0.25) is 24.0 Å². The minimum atomic E-state index is -1.72. The Morgan fingerprint density at radius 1 is 0.700 bits per heavy atom. The van der Waals surface area contributed by atoms with Crippen LogP contribution in [-0.4, -0.2) is 98.5 Å². The van der Waals surface area contributed by atoms with Gasteiger partial charge in [0.2, 0.25) is 17.7 Å². The highest BCUT2D eigenvalue weighted by molar-refractivity contribution is 5.94. The van der Waals surface area contributed by atoms with Crippen LogP contribution >= 0.6 is 0 Å². The third-order valence-electron chi connectivity index (χ3n) is 3.62. The highest BCUT2D eigenvalue weighted by Gasteiger charge is 2.30. The standard InChI is InChI=1S/C15H24N4O11/c16-6(3-11(24)25)12(26)18-8(4-20)14(28)17-7(1-2-10(22)23)13(27)19-9(5-21)15(29)30/h6-9,20-21H,1-5,16H2,(H,17,28)(H,18,26)(H,19,27)(H,22,23)(H,24,25)(H,29,30). The minimum absolute atomic E-state index is 0.477. The number of rotatable bonds is 14. The highest BCUT2D eigenvalue weighted by atomic mass is 16.4. The van der Waals surface area contributed by atoms with Gasteiger partial charge >= 0.3 is 17.9 Å². The van der Waals surface area contributed by atoms with Crippen LogP contribution in [-0.2, 0) is 28.8 Å². The maximum absolute atomic E-state index is 12.3. The van der Waals surface area contributed by atoms with Crippen LogP contribution in [0.4, 0.5) is 0 Å². The van der Waals surface area contributed by atoms with E-state index in [-0.39, 0.29) is 0 Å². The third kappa shape index (κ3) is 9.76. The lowest BCUT2D eigenvalue weighted by Gasteiger charge is -2.23. The van der Waals surface area contributed by atoms with Gasteiger partial charge in [-0.15, -0.1) is 0 Å². The summed E-state index contributed by atoms with van der Waals surface area (Å²) in [5, 5.41) is 50.4. The van der Waals surface area contributed by atoms with E-state index in [0.717, 1.165) is 0 Å². The van der Waals surface area contributed by atoms with E-state index < -0.39 is 92.3 Å². The number of aliphatic hydroxyl groups is 2. The first kappa shape index (κ1) is 26.7. The molecule has 15 heteroatoms. The molecule has 0 aromatic heterocycles. The van der Waals surface area contributed by atoms with Crippen LogP contribution in [0.5, 0.6) is 0 Å². The number of amides is 3. The van der Waals surface area contributed by atoms with Crippen LogP contribution in [0.3, 0.4) is 0 Å². The first-order valence-corrected chi connectivity index (χ1v) is 8.47. The van der Waals surface area contributed by atoms with Gasteiger partial charge in [0.25, 0.3) is 0 Å². The monoisotopic (exact) mass is 436 g/mol. The fourth-order valence-electron chi connectivity index (χ4n) is 2.02. The van der Waals surface area contributed by atoms with Crippen molar-refractivity contribution >= 4 is 35.6 Å². The molecule has 4 unspecified atom stereocenters. The molecule has 0 aliphatic rings. The van der Waals surface area contributed by atoms with Crippen molar-refractivity contribution in [3.63, 3.8) is 0 Å². The smallest absolute Gasteiger partial charge is 0.328 e. The molecular weight excluding hydrogens is 412 g/mol. The summed E-state index contributed by atoms with van der Waals surface area (Å²) >= 11 is 0. The first-order valence-electron chi connectivity index (χ1n) is 8.47.